The van der Waals surface area contributed by atoms with E-state index in [1.54, 1.807) is 11.1 Å². The third kappa shape index (κ3) is 3.07. The lowest BCUT2D eigenvalue weighted by molar-refractivity contribution is -0.141. The van der Waals surface area contributed by atoms with Crippen molar-refractivity contribution in [3.8, 4) is 0 Å². The third-order valence-electron chi connectivity index (χ3n) is 3.51. The van der Waals surface area contributed by atoms with Crippen molar-refractivity contribution in [3.05, 3.63) is 30.1 Å². The molecular weight excluding hydrogens is 258 g/mol. The highest BCUT2D eigenvalue weighted by atomic mass is 16.4. The first-order valence-electron chi connectivity index (χ1n) is 6.81. The predicted molar refractivity (Wildman–Crippen MR) is 73.1 cm³/mol. The molecule has 0 spiro atoms. The topological polar surface area (TPSA) is 73.7 Å². The number of carbonyl (C=O) groups excluding carboxylic acids is 1. The summed E-state index contributed by atoms with van der Waals surface area (Å²) in [7, 11) is 0. The van der Waals surface area contributed by atoms with E-state index >= 15 is 0 Å². The first-order chi connectivity index (χ1) is 9.63. The first-order valence-corrected chi connectivity index (χ1v) is 6.81. The molecule has 0 saturated carbocycles. The minimum Gasteiger partial charge on any atom is -0.480 e. The number of likely N-dealkylation sites (tertiary alicyclic amines) is 1. The first kappa shape index (κ1) is 14.3. The van der Waals surface area contributed by atoms with Crippen LogP contribution in [0, 0.1) is 0 Å². The Morgan fingerprint density at radius 3 is 2.90 bits per heavy atom. The van der Waals surface area contributed by atoms with Gasteiger partial charge in [0.05, 0.1) is 12.2 Å². The molecule has 20 heavy (non-hydrogen) atoms. The van der Waals surface area contributed by atoms with Crippen molar-refractivity contribution in [2.45, 2.75) is 32.4 Å². The lowest BCUT2D eigenvalue weighted by Gasteiger charge is -2.29. The number of rotatable bonds is 4. The van der Waals surface area contributed by atoms with E-state index in [0.717, 1.165) is 12.1 Å². The van der Waals surface area contributed by atoms with E-state index in [0.29, 0.717) is 26.1 Å². The number of hydrogen-bond acceptors (Lipinski definition) is 3. The predicted octanol–water partition coefficient (Wildman–Crippen LogP) is 1.57. The van der Waals surface area contributed by atoms with Gasteiger partial charge in [0, 0.05) is 19.3 Å². The number of amides is 2. The number of aliphatic carboxylic acids is 1. The Kier molecular flexibility index (Phi) is 4.55. The molecule has 6 heteroatoms. The molecule has 0 aromatic carbocycles. The van der Waals surface area contributed by atoms with Crippen LogP contribution in [0.2, 0.25) is 0 Å². The van der Waals surface area contributed by atoms with Crippen molar-refractivity contribution < 1.29 is 14.7 Å². The third-order valence-corrected chi connectivity index (χ3v) is 3.51. The monoisotopic (exact) mass is 277 g/mol. The molecule has 1 fully saturated rings. The maximum absolute atomic E-state index is 12.5. The summed E-state index contributed by atoms with van der Waals surface area (Å²) in [5.41, 5.74) is 0.800. The molecule has 6 nitrogen and oxygen atoms in total. The molecule has 1 aromatic rings. The van der Waals surface area contributed by atoms with Crippen molar-refractivity contribution in [1.29, 1.82) is 0 Å². The van der Waals surface area contributed by atoms with E-state index < -0.39 is 12.0 Å². The van der Waals surface area contributed by atoms with Crippen molar-refractivity contribution >= 4 is 12.0 Å². The van der Waals surface area contributed by atoms with E-state index in [1.165, 1.54) is 4.90 Å². The molecule has 0 radical (unpaired) electrons. The van der Waals surface area contributed by atoms with E-state index in [4.69, 9.17) is 5.11 Å². The van der Waals surface area contributed by atoms with Gasteiger partial charge in [-0.25, -0.2) is 9.59 Å². The molecular formula is C14H19N3O3. The second kappa shape index (κ2) is 6.36. The van der Waals surface area contributed by atoms with E-state index in [-0.39, 0.29) is 6.03 Å². The zero-order valence-corrected chi connectivity index (χ0v) is 11.5. The highest BCUT2D eigenvalue weighted by molar-refractivity contribution is 5.83. The fraction of sp³-hybridized carbons (Fsp3) is 0.500. The summed E-state index contributed by atoms with van der Waals surface area (Å²) in [6, 6.07) is 4.64. The Balaban J connectivity index is 2.07. The Morgan fingerprint density at radius 1 is 1.50 bits per heavy atom. The molecule has 0 aliphatic carbocycles. The highest BCUT2D eigenvalue weighted by Crippen LogP contribution is 2.20. The summed E-state index contributed by atoms with van der Waals surface area (Å²) in [4.78, 5) is 30.9. The molecule has 1 aromatic heterocycles. The van der Waals surface area contributed by atoms with Gasteiger partial charge in [-0.05, 0) is 31.9 Å². The molecule has 1 atom stereocenters. The number of carboxylic acid groups (broad SMARTS) is 1. The molecule has 2 rings (SSSR count). The van der Waals surface area contributed by atoms with Gasteiger partial charge in [-0.3, -0.25) is 4.98 Å². The summed E-state index contributed by atoms with van der Waals surface area (Å²) < 4.78 is 0. The number of carbonyl (C=O) groups is 2. The number of urea groups is 1. The van der Waals surface area contributed by atoms with Crippen LogP contribution in [-0.4, -0.2) is 51.0 Å². The fourth-order valence-corrected chi connectivity index (χ4v) is 2.44. The van der Waals surface area contributed by atoms with Crippen LogP contribution in [0.3, 0.4) is 0 Å². The molecule has 2 heterocycles. The normalized spacial score (nSPS) is 18.1. The van der Waals surface area contributed by atoms with Crippen molar-refractivity contribution in [3.63, 3.8) is 0 Å². The Labute approximate surface area is 118 Å². The minimum absolute atomic E-state index is 0.219. The van der Waals surface area contributed by atoms with Gasteiger partial charge in [0.1, 0.15) is 6.04 Å². The summed E-state index contributed by atoms with van der Waals surface area (Å²) >= 11 is 0. The molecule has 1 unspecified atom stereocenters. The van der Waals surface area contributed by atoms with Crippen molar-refractivity contribution in [2.24, 2.45) is 0 Å². The van der Waals surface area contributed by atoms with Crippen LogP contribution in [0.25, 0.3) is 0 Å². The molecule has 1 aliphatic heterocycles. The number of pyridine rings is 1. The highest BCUT2D eigenvalue weighted by Gasteiger charge is 2.35. The molecule has 1 aliphatic rings. The average molecular weight is 277 g/mol. The van der Waals surface area contributed by atoms with Crippen LogP contribution >= 0.6 is 0 Å². The number of hydrogen-bond donors (Lipinski definition) is 1. The van der Waals surface area contributed by atoms with Crippen LogP contribution in [-0.2, 0) is 11.3 Å². The van der Waals surface area contributed by atoms with Gasteiger partial charge >= 0.3 is 12.0 Å². The van der Waals surface area contributed by atoms with Crippen LogP contribution in [0.15, 0.2) is 24.4 Å². The second-order valence-corrected chi connectivity index (χ2v) is 4.81. The maximum atomic E-state index is 12.5. The SMILES string of the molecule is CCN(Cc1ccccn1)C(=O)N1CCCC1C(=O)O. The Bertz CT molecular complexity index is 478. The quantitative estimate of drug-likeness (QED) is 0.906. The van der Waals surface area contributed by atoms with Gasteiger partial charge in [-0.2, -0.15) is 0 Å². The zero-order chi connectivity index (χ0) is 14.5. The van der Waals surface area contributed by atoms with Crippen LogP contribution in [0.5, 0.6) is 0 Å². The van der Waals surface area contributed by atoms with Gasteiger partial charge < -0.3 is 14.9 Å². The van der Waals surface area contributed by atoms with Crippen LogP contribution in [0.1, 0.15) is 25.5 Å². The number of aromatic nitrogens is 1. The average Bonchev–Trinajstić information content (AvgIpc) is 2.94. The molecule has 2 amide bonds. The summed E-state index contributed by atoms with van der Waals surface area (Å²) in [6.45, 7) is 3.32. The Hall–Kier alpha value is -2.11. The van der Waals surface area contributed by atoms with Gasteiger partial charge in [0.15, 0.2) is 0 Å². The summed E-state index contributed by atoms with van der Waals surface area (Å²) in [6.07, 6.45) is 2.95. The smallest absolute Gasteiger partial charge is 0.326 e. The largest absolute Gasteiger partial charge is 0.480 e. The van der Waals surface area contributed by atoms with E-state index in [1.807, 2.05) is 25.1 Å². The van der Waals surface area contributed by atoms with Gasteiger partial charge in [-0.15, -0.1) is 0 Å². The number of nitrogens with zero attached hydrogens (tertiary/aromatic N) is 3. The van der Waals surface area contributed by atoms with Crippen LogP contribution in [0.4, 0.5) is 4.79 Å². The van der Waals surface area contributed by atoms with Gasteiger partial charge in [0.2, 0.25) is 0 Å². The van der Waals surface area contributed by atoms with Crippen LogP contribution < -0.4 is 0 Å². The van der Waals surface area contributed by atoms with Crippen molar-refractivity contribution in [1.82, 2.24) is 14.8 Å². The lowest BCUT2D eigenvalue weighted by atomic mass is 10.2. The summed E-state index contributed by atoms with van der Waals surface area (Å²) in [5, 5.41) is 9.15. The Morgan fingerprint density at radius 2 is 2.30 bits per heavy atom. The number of carboxylic acids is 1. The minimum atomic E-state index is -0.926. The van der Waals surface area contributed by atoms with E-state index in [2.05, 4.69) is 4.98 Å². The maximum Gasteiger partial charge on any atom is 0.326 e. The second-order valence-electron chi connectivity index (χ2n) is 4.81. The molecule has 108 valence electrons. The molecule has 1 N–H and O–H groups in total. The fourth-order valence-electron chi connectivity index (χ4n) is 2.44. The standard InChI is InChI=1S/C14H19N3O3/c1-2-16(10-11-6-3-4-8-15-11)14(20)17-9-5-7-12(17)13(18)19/h3-4,6,8,12H,2,5,7,9-10H2,1H3,(H,18,19). The molecule has 1 saturated heterocycles. The zero-order valence-electron chi connectivity index (χ0n) is 11.5. The van der Waals surface area contributed by atoms with Gasteiger partial charge in [-0.1, -0.05) is 6.07 Å². The molecule has 0 bridgehead atoms. The lowest BCUT2D eigenvalue weighted by Crippen LogP contribution is -2.47. The van der Waals surface area contributed by atoms with Gasteiger partial charge in [0.25, 0.3) is 0 Å². The van der Waals surface area contributed by atoms with Crippen molar-refractivity contribution in [2.75, 3.05) is 13.1 Å². The summed E-state index contributed by atoms with van der Waals surface area (Å²) in [5.74, 6) is -0.926. The van der Waals surface area contributed by atoms with E-state index in [9.17, 15) is 9.59 Å².